The molecule has 3 N–H and O–H groups in total. The first kappa shape index (κ1) is 20.3. The number of aliphatic hydroxyl groups excluding tert-OH is 1. The molecule has 0 aliphatic carbocycles. The maximum Gasteiger partial charge on any atom is 0.230 e. The predicted molar refractivity (Wildman–Crippen MR) is 120 cm³/mol. The van der Waals surface area contributed by atoms with Gasteiger partial charge in [-0.1, -0.05) is 42.5 Å². The second-order valence-corrected chi connectivity index (χ2v) is 7.95. The van der Waals surface area contributed by atoms with Crippen molar-refractivity contribution < 1.29 is 9.90 Å². The Morgan fingerprint density at radius 2 is 1.93 bits per heavy atom. The number of nitrogens with one attached hydrogen (secondary N) is 2. The Labute approximate surface area is 179 Å². The molecule has 0 fully saturated rings. The molecule has 1 atom stereocenters. The number of aliphatic hydroxyl groups is 1. The van der Waals surface area contributed by atoms with Crippen molar-refractivity contribution in [1.29, 1.82) is 0 Å². The van der Waals surface area contributed by atoms with E-state index in [4.69, 9.17) is 0 Å². The highest BCUT2D eigenvalue weighted by Crippen LogP contribution is 2.16. The van der Waals surface area contributed by atoms with E-state index in [1.807, 2.05) is 70.6 Å². The number of fused-ring (bicyclic) bond motifs is 1. The summed E-state index contributed by atoms with van der Waals surface area (Å²) in [5.41, 5.74) is 3.81. The summed E-state index contributed by atoms with van der Waals surface area (Å²) < 4.78 is 1.94. The maximum absolute atomic E-state index is 12.3. The van der Waals surface area contributed by atoms with Crippen LogP contribution < -0.4 is 10.6 Å². The van der Waals surface area contributed by atoms with Gasteiger partial charge in [-0.15, -0.1) is 11.3 Å². The molecule has 0 saturated carbocycles. The summed E-state index contributed by atoms with van der Waals surface area (Å²) in [4.78, 5) is 17.5. The molecule has 2 aromatic carbocycles. The molecule has 7 heteroatoms. The predicted octanol–water partition coefficient (Wildman–Crippen LogP) is 3.44. The highest BCUT2D eigenvalue weighted by molar-refractivity contribution is 7.15. The van der Waals surface area contributed by atoms with Crippen LogP contribution in [0.2, 0.25) is 0 Å². The van der Waals surface area contributed by atoms with Crippen LogP contribution >= 0.6 is 11.3 Å². The van der Waals surface area contributed by atoms with E-state index in [2.05, 4.69) is 15.6 Å². The van der Waals surface area contributed by atoms with Crippen LogP contribution in [0.15, 0.2) is 72.4 Å². The van der Waals surface area contributed by atoms with Crippen molar-refractivity contribution in [3.05, 3.63) is 89.2 Å². The topological polar surface area (TPSA) is 78.7 Å². The number of imidazole rings is 1. The lowest BCUT2D eigenvalue weighted by molar-refractivity contribution is -0.115. The van der Waals surface area contributed by atoms with Crippen LogP contribution in [0.25, 0.3) is 4.96 Å². The molecule has 1 unspecified atom stereocenters. The van der Waals surface area contributed by atoms with Gasteiger partial charge in [0.05, 0.1) is 12.5 Å². The minimum absolute atomic E-state index is 0.0484. The Morgan fingerprint density at radius 3 is 2.73 bits per heavy atom. The molecule has 30 heavy (non-hydrogen) atoms. The molecule has 0 bridgehead atoms. The molecule has 2 aromatic heterocycles. The maximum atomic E-state index is 12.3. The summed E-state index contributed by atoms with van der Waals surface area (Å²) >= 11 is 1.53. The largest absolute Gasteiger partial charge is 0.387 e. The van der Waals surface area contributed by atoms with Crippen LogP contribution in [-0.4, -0.2) is 33.5 Å². The number of hydrogen-bond acceptors (Lipinski definition) is 5. The number of aromatic nitrogens is 2. The number of nitrogens with zero attached hydrogens (tertiary/aromatic N) is 2. The number of amides is 1. The van der Waals surface area contributed by atoms with Gasteiger partial charge in [-0.3, -0.25) is 9.20 Å². The molecule has 1 amide bonds. The summed E-state index contributed by atoms with van der Waals surface area (Å²) in [6.45, 7) is 1.29. The van der Waals surface area contributed by atoms with Crippen LogP contribution in [0.5, 0.6) is 0 Å². The Bertz CT molecular complexity index is 1090. The SMILES string of the molecule is O=C(Cc1csc2nccn12)Nc1ccc(CCNCC(O)c2ccccc2)cc1. The van der Waals surface area contributed by atoms with E-state index in [1.54, 1.807) is 6.20 Å². The average molecular weight is 421 g/mol. The normalized spacial score (nSPS) is 12.2. The average Bonchev–Trinajstić information content (AvgIpc) is 3.38. The molecule has 154 valence electrons. The van der Waals surface area contributed by atoms with Gasteiger partial charge in [0.2, 0.25) is 5.91 Å². The zero-order valence-electron chi connectivity index (χ0n) is 16.5. The molecular weight excluding hydrogens is 396 g/mol. The fourth-order valence-electron chi connectivity index (χ4n) is 3.29. The summed E-state index contributed by atoms with van der Waals surface area (Å²) in [6.07, 6.45) is 4.27. The third-order valence-corrected chi connectivity index (χ3v) is 5.81. The van der Waals surface area contributed by atoms with Crippen LogP contribution in [0, 0.1) is 0 Å². The van der Waals surface area contributed by atoms with E-state index in [1.165, 1.54) is 16.9 Å². The molecule has 4 aromatic rings. The molecular formula is C23H24N4O2S. The Hall–Kier alpha value is -3.00. The van der Waals surface area contributed by atoms with Crippen molar-refractivity contribution >= 4 is 27.9 Å². The zero-order valence-corrected chi connectivity index (χ0v) is 17.3. The van der Waals surface area contributed by atoms with Crippen LogP contribution in [0.3, 0.4) is 0 Å². The third-order valence-electron chi connectivity index (χ3n) is 4.91. The lowest BCUT2D eigenvalue weighted by atomic mass is 10.1. The smallest absolute Gasteiger partial charge is 0.230 e. The summed E-state index contributed by atoms with van der Waals surface area (Å²) in [5, 5.41) is 18.4. The van der Waals surface area contributed by atoms with Gasteiger partial charge in [0, 0.05) is 35.7 Å². The molecule has 6 nitrogen and oxygen atoms in total. The monoisotopic (exact) mass is 420 g/mol. The molecule has 2 heterocycles. The Kier molecular flexibility index (Phi) is 6.53. The number of thiazole rings is 1. The number of benzene rings is 2. The third kappa shape index (κ3) is 5.13. The van der Waals surface area contributed by atoms with Crippen molar-refractivity contribution in [3.8, 4) is 0 Å². The number of anilines is 1. The molecule has 0 spiro atoms. The first-order valence-corrected chi connectivity index (χ1v) is 10.8. The van der Waals surface area contributed by atoms with Gasteiger partial charge < -0.3 is 15.7 Å². The molecule has 4 rings (SSSR count). The lowest BCUT2D eigenvalue weighted by Crippen LogP contribution is -2.23. The number of rotatable bonds is 9. The highest BCUT2D eigenvalue weighted by Gasteiger charge is 2.10. The minimum atomic E-state index is -0.504. The van der Waals surface area contributed by atoms with E-state index in [-0.39, 0.29) is 5.91 Å². The summed E-state index contributed by atoms with van der Waals surface area (Å²) in [6, 6.07) is 17.5. The van der Waals surface area contributed by atoms with Crippen molar-refractivity contribution in [2.45, 2.75) is 18.9 Å². The summed E-state index contributed by atoms with van der Waals surface area (Å²) in [5.74, 6) is -0.0484. The van der Waals surface area contributed by atoms with Gasteiger partial charge in [0.15, 0.2) is 4.96 Å². The summed E-state index contributed by atoms with van der Waals surface area (Å²) in [7, 11) is 0. The van der Waals surface area contributed by atoms with Gasteiger partial charge in [0.25, 0.3) is 0 Å². The van der Waals surface area contributed by atoms with E-state index in [0.29, 0.717) is 13.0 Å². The molecule has 0 saturated heterocycles. The van der Waals surface area contributed by atoms with Gasteiger partial charge in [0.1, 0.15) is 0 Å². The lowest BCUT2D eigenvalue weighted by Gasteiger charge is -2.12. The van der Waals surface area contributed by atoms with E-state index in [0.717, 1.165) is 34.9 Å². The Balaban J connectivity index is 1.21. The molecule has 0 aliphatic rings. The molecule has 0 radical (unpaired) electrons. The quantitative estimate of drug-likeness (QED) is 0.363. The van der Waals surface area contributed by atoms with Crippen molar-refractivity contribution in [2.24, 2.45) is 0 Å². The standard InChI is InChI=1S/C23H24N4O2S/c28-21(18-4-2-1-3-5-18)15-24-11-10-17-6-8-19(9-7-17)26-22(29)14-20-16-30-23-25-12-13-27(20)23/h1-9,12-13,16,21,24,28H,10-11,14-15H2,(H,26,29). The van der Waals surface area contributed by atoms with Crippen molar-refractivity contribution in [3.63, 3.8) is 0 Å². The van der Waals surface area contributed by atoms with Gasteiger partial charge in [-0.25, -0.2) is 4.98 Å². The van der Waals surface area contributed by atoms with Crippen molar-refractivity contribution in [1.82, 2.24) is 14.7 Å². The zero-order chi connectivity index (χ0) is 20.8. The van der Waals surface area contributed by atoms with Crippen LogP contribution in [0.4, 0.5) is 5.69 Å². The van der Waals surface area contributed by atoms with Crippen molar-refractivity contribution in [2.75, 3.05) is 18.4 Å². The first-order valence-electron chi connectivity index (χ1n) is 9.91. The molecule has 0 aliphatic heterocycles. The van der Waals surface area contributed by atoms with Gasteiger partial charge in [-0.05, 0) is 36.2 Å². The van der Waals surface area contributed by atoms with Crippen LogP contribution in [-0.2, 0) is 17.6 Å². The first-order chi connectivity index (χ1) is 14.7. The second-order valence-electron chi connectivity index (χ2n) is 7.11. The van der Waals surface area contributed by atoms with Gasteiger partial charge in [-0.2, -0.15) is 0 Å². The minimum Gasteiger partial charge on any atom is -0.387 e. The highest BCUT2D eigenvalue weighted by atomic mass is 32.1. The van der Waals surface area contributed by atoms with Gasteiger partial charge >= 0.3 is 0 Å². The van der Waals surface area contributed by atoms with E-state index < -0.39 is 6.10 Å². The fourth-order valence-corrected chi connectivity index (χ4v) is 4.14. The number of carbonyl (C=O) groups excluding carboxylic acids is 1. The number of carbonyl (C=O) groups is 1. The fraction of sp³-hybridized carbons (Fsp3) is 0.217. The second kappa shape index (κ2) is 9.67. The van der Waals surface area contributed by atoms with E-state index >= 15 is 0 Å². The van der Waals surface area contributed by atoms with Crippen LogP contribution in [0.1, 0.15) is 22.9 Å². The Morgan fingerprint density at radius 1 is 1.13 bits per heavy atom. The number of hydrogen-bond donors (Lipinski definition) is 3. The van der Waals surface area contributed by atoms with E-state index in [9.17, 15) is 9.90 Å².